The van der Waals surface area contributed by atoms with E-state index in [1.54, 1.807) is 6.92 Å². The highest BCUT2D eigenvalue weighted by Crippen LogP contribution is 2.57. The second-order valence-electron chi connectivity index (χ2n) is 12.9. The van der Waals surface area contributed by atoms with Gasteiger partial charge in [0.05, 0.1) is 25.7 Å². The molecule has 0 saturated carbocycles. The third-order valence-electron chi connectivity index (χ3n) is 8.74. The fourth-order valence-electron chi connectivity index (χ4n) is 6.62. The predicted molar refractivity (Wildman–Crippen MR) is 175 cm³/mol. The summed E-state index contributed by atoms with van der Waals surface area (Å²) < 4.78 is 34.4. The van der Waals surface area contributed by atoms with Gasteiger partial charge in [0, 0.05) is 17.2 Å². The highest BCUT2D eigenvalue weighted by atomic mass is 32.2. The lowest BCUT2D eigenvalue weighted by molar-refractivity contribution is -0.145. The molecule has 3 heterocycles. The topological polar surface area (TPSA) is 118 Å². The molecule has 0 unspecified atom stereocenters. The number of fused-ring (bicyclic) bond motifs is 1. The number of carbonyl (C=O) groups is 1. The monoisotopic (exact) mass is 664 g/mol. The molecule has 44 heavy (non-hydrogen) atoms. The van der Waals surface area contributed by atoms with Crippen molar-refractivity contribution in [2.75, 3.05) is 13.2 Å². The zero-order chi connectivity index (χ0) is 32.4. The second-order valence-corrected chi connectivity index (χ2v) is 23.2. The normalized spacial score (nSPS) is 26.5. The van der Waals surface area contributed by atoms with Crippen molar-refractivity contribution in [1.29, 1.82) is 0 Å². The van der Waals surface area contributed by atoms with Gasteiger partial charge in [-0.15, -0.1) is 11.8 Å². The minimum Gasteiger partial charge on any atom is -0.466 e. The van der Waals surface area contributed by atoms with Gasteiger partial charge in [0.15, 0.2) is 6.23 Å². The highest BCUT2D eigenvalue weighted by molar-refractivity contribution is 8.00. The van der Waals surface area contributed by atoms with E-state index in [9.17, 15) is 14.4 Å². The van der Waals surface area contributed by atoms with Crippen LogP contribution in [0.3, 0.4) is 0 Å². The Balaban J connectivity index is 2.01. The first kappa shape index (κ1) is 34.9. The van der Waals surface area contributed by atoms with Crippen molar-refractivity contribution in [1.82, 2.24) is 9.55 Å². The molecule has 4 atom stereocenters. The lowest BCUT2D eigenvalue weighted by Gasteiger charge is -2.52. The van der Waals surface area contributed by atoms with Crippen LogP contribution in [-0.2, 0) is 27.2 Å². The van der Waals surface area contributed by atoms with Gasteiger partial charge in [-0.25, -0.2) is 4.79 Å². The second kappa shape index (κ2) is 13.8. The number of hydrogen-bond donors (Lipinski definition) is 1. The molecule has 2 aliphatic heterocycles. The Morgan fingerprint density at radius 3 is 2.16 bits per heavy atom. The number of aromatic amines is 1. The minimum absolute atomic E-state index is 0.0334. The van der Waals surface area contributed by atoms with Crippen LogP contribution in [0.4, 0.5) is 0 Å². The van der Waals surface area contributed by atoms with E-state index in [4.69, 9.17) is 22.4 Å². The first-order valence-electron chi connectivity index (χ1n) is 15.6. The summed E-state index contributed by atoms with van der Waals surface area (Å²) in [5, 5.41) is 0. The van der Waals surface area contributed by atoms with Gasteiger partial charge in [-0.3, -0.25) is 19.1 Å². The Bertz CT molecular complexity index is 1380. The number of nitrogens with one attached hydrogen (secondary N) is 1. The van der Waals surface area contributed by atoms with E-state index in [0.717, 1.165) is 4.90 Å². The molecule has 2 saturated heterocycles. The molecule has 0 spiro atoms. The molecular formula is C31H48N2O8SSi2. The molecule has 1 aromatic heterocycles. The van der Waals surface area contributed by atoms with Crippen LogP contribution in [0.5, 0.6) is 0 Å². The molecule has 13 heteroatoms. The maximum absolute atomic E-state index is 13.5. The summed E-state index contributed by atoms with van der Waals surface area (Å²) in [6.07, 6.45) is -1.05. The summed E-state index contributed by atoms with van der Waals surface area (Å²) in [6, 6.07) is 11.0. The SMILES string of the molecule is CCOC(=O)C[C@@]1(Sc2ccccc2)[C@@H]2O[Si](C(C)C)(C(C)C)O[Si](C(C)C)(C(C)C)OC[C@H]2O[C@H]1n1ccc(=O)[nH]c1=O. The number of aromatic nitrogens is 2. The van der Waals surface area contributed by atoms with E-state index < -0.39 is 57.5 Å². The number of thioether (sulfide) groups is 1. The average Bonchev–Trinajstić information content (AvgIpc) is 3.19. The first-order valence-corrected chi connectivity index (χ1v) is 20.4. The van der Waals surface area contributed by atoms with Crippen LogP contribution in [0.15, 0.2) is 57.1 Å². The van der Waals surface area contributed by atoms with Crippen molar-refractivity contribution in [3.63, 3.8) is 0 Å². The molecule has 2 aliphatic rings. The summed E-state index contributed by atoms with van der Waals surface area (Å²) in [5.74, 6) is -0.440. The maximum atomic E-state index is 13.5. The van der Waals surface area contributed by atoms with E-state index in [1.165, 1.54) is 28.6 Å². The van der Waals surface area contributed by atoms with Gasteiger partial charge in [0.1, 0.15) is 10.9 Å². The van der Waals surface area contributed by atoms with Crippen LogP contribution in [0, 0.1) is 0 Å². The number of rotatable bonds is 10. The molecule has 10 nitrogen and oxygen atoms in total. The van der Waals surface area contributed by atoms with Crippen molar-refractivity contribution < 1.29 is 27.2 Å². The fourth-order valence-corrected chi connectivity index (χ4v) is 19.5. The standard InChI is InChI=1S/C31H48N2O8SSi2/c1-10-37-27(35)18-31(42-24-14-12-11-13-15-24)28-25(39-29(31)33-17-16-26(34)32-30(33)36)19-38-43(20(2)3,21(4)5)41-44(40-28,22(6)7)23(8)9/h11-17,20-23,25,28-29H,10,18-19H2,1-9H3,(H,32,34,36)/t25-,28-,29-,31-/m1/s1. The third kappa shape index (κ3) is 6.46. The number of ether oxygens (including phenoxy) is 2. The number of carbonyl (C=O) groups excluding carboxylic acids is 1. The van der Waals surface area contributed by atoms with Crippen molar-refractivity contribution >= 4 is 34.9 Å². The van der Waals surface area contributed by atoms with Crippen LogP contribution >= 0.6 is 11.8 Å². The number of benzene rings is 1. The van der Waals surface area contributed by atoms with Crippen LogP contribution in [0.2, 0.25) is 22.2 Å². The molecule has 0 aliphatic carbocycles. The Hall–Kier alpha value is -2.01. The lowest BCUT2D eigenvalue weighted by atomic mass is 9.94. The van der Waals surface area contributed by atoms with Gasteiger partial charge >= 0.3 is 28.8 Å². The van der Waals surface area contributed by atoms with E-state index in [2.05, 4.69) is 60.4 Å². The van der Waals surface area contributed by atoms with Crippen molar-refractivity contribution in [2.45, 2.75) is 119 Å². The summed E-state index contributed by atoms with van der Waals surface area (Å²) >= 11 is 1.43. The summed E-state index contributed by atoms with van der Waals surface area (Å²) in [6.45, 7) is 19.3. The molecule has 4 rings (SSSR count). The van der Waals surface area contributed by atoms with Crippen molar-refractivity contribution in [3.8, 4) is 0 Å². The number of esters is 1. The Kier molecular flexibility index (Phi) is 10.9. The van der Waals surface area contributed by atoms with Gasteiger partial charge in [-0.05, 0) is 41.2 Å². The first-order chi connectivity index (χ1) is 20.7. The van der Waals surface area contributed by atoms with Gasteiger partial charge in [-0.1, -0.05) is 73.6 Å². The van der Waals surface area contributed by atoms with Crippen LogP contribution < -0.4 is 11.2 Å². The summed E-state index contributed by atoms with van der Waals surface area (Å²) in [7, 11) is -6.03. The lowest BCUT2D eigenvalue weighted by Crippen LogP contribution is -2.67. The zero-order valence-corrected chi connectivity index (χ0v) is 30.1. The minimum atomic E-state index is -3.15. The molecule has 244 valence electrons. The van der Waals surface area contributed by atoms with Crippen molar-refractivity contribution in [3.05, 3.63) is 63.4 Å². The number of H-pyrrole nitrogens is 1. The molecule has 2 fully saturated rings. The average molecular weight is 665 g/mol. The molecule has 2 aromatic rings. The quantitative estimate of drug-likeness (QED) is 0.246. The molecular weight excluding hydrogens is 617 g/mol. The van der Waals surface area contributed by atoms with Crippen LogP contribution in [0.25, 0.3) is 0 Å². The van der Waals surface area contributed by atoms with Crippen LogP contribution in [0.1, 0.15) is 75.0 Å². The van der Waals surface area contributed by atoms with E-state index in [0.29, 0.717) is 0 Å². The van der Waals surface area contributed by atoms with E-state index >= 15 is 0 Å². The summed E-state index contributed by atoms with van der Waals surface area (Å²) in [5.41, 5.74) is -0.828. The van der Waals surface area contributed by atoms with E-state index in [1.807, 2.05) is 30.3 Å². The van der Waals surface area contributed by atoms with E-state index in [-0.39, 0.29) is 41.8 Å². The van der Waals surface area contributed by atoms with Gasteiger partial charge in [-0.2, -0.15) is 0 Å². The van der Waals surface area contributed by atoms with Gasteiger partial charge in [0.25, 0.3) is 5.56 Å². The zero-order valence-electron chi connectivity index (χ0n) is 27.3. The van der Waals surface area contributed by atoms with Gasteiger partial charge < -0.3 is 22.4 Å². The molecule has 1 N–H and O–H groups in total. The molecule has 0 bridgehead atoms. The molecule has 0 amide bonds. The summed E-state index contributed by atoms with van der Waals surface area (Å²) in [4.78, 5) is 42.2. The highest BCUT2D eigenvalue weighted by Gasteiger charge is 2.67. The number of nitrogens with zero attached hydrogens (tertiary/aromatic N) is 1. The fraction of sp³-hybridized carbons (Fsp3) is 0.645. The van der Waals surface area contributed by atoms with Crippen LogP contribution in [-0.4, -0.2) is 62.8 Å². The largest absolute Gasteiger partial charge is 0.466 e. The number of hydrogen-bond acceptors (Lipinski definition) is 9. The Labute approximate surface area is 266 Å². The van der Waals surface area contributed by atoms with Gasteiger partial charge in [0.2, 0.25) is 0 Å². The maximum Gasteiger partial charge on any atom is 0.335 e. The molecule has 0 radical (unpaired) electrons. The Morgan fingerprint density at radius 2 is 1.61 bits per heavy atom. The predicted octanol–water partition coefficient (Wildman–Crippen LogP) is 5.87. The molecule has 1 aromatic carbocycles. The smallest absolute Gasteiger partial charge is 0.335 e. The third-order valence-corrected chi connectivity index (χ3v) is 20.4. The van der Waals surface area contributed by atoms with Crippen molar-refractivity contribution in [2.24, 2.45) is 0 Å². The Morgan fingerprint density at radius 1 is 1.00 bits per heavy atom.